The number of aromatic nitrogens is 2. The summed E-state index contributed by atoms with van der Waals surface area (Å²) in [5.41, 5.74) is 1.50. The molecule has 8 heteroatoms. The van der Waals surface area contributed by atoms with Crippen LogP contribution in [-0.2, 0) is 4.79 Å². The highest BCUT2D eigenvalue weighted by Crippen LogP contribution is 2.22. The Labute approximate surface area is 151 Å². The molecule has 1 aromatic heterocycles. The number of rotatable bonds is 3. The summed E-state index contributed by atoms with van der Waals surface area (Å²) in [4.78, 5) is 30.1. The fourth-order valence-electron chi connectivity index (χ4n) is 3.40. The summed E-state index contributed by atoms with van der Waals surface area (Å²) in [6.45, 7) is 5.04. The van der Waals surface area contributed by atoms with Crippen molar-refractivity contribution in [1.82, 2.24) is 15.1 Å². The third-order valence-corrected chi connectivity index (χ3v) is 4.85. The third-order valence-electron chi connectivity index (χ3n) is 4.85. The maximum absolute atomic E-state index is 12.7. The maximum Gasteiger partial charge on any atom is 0.318 e. The first-order valence-electron chi connectivity index (χ1n) is 8.86. The number of nitrogens with zero attached hydrogens (tertiary/aromatic N) is 5. The maximum atomic E-state index is 12.7. The second-order valence-corrected chi connectivity index (χ2v) is 6.58. The Morgan fingerprint density at radius 3 is 2.35 bits per heavy atom. The standard InChI is InChI=1S/C18H21N5O3/c1-13-19-20-18(26-13)22-11-9-21(10-12-22)17(25)14-4-6-15(7-5-14)23-8-2-3-16(23)24/h4-7H,2-3,8-12H2,1H3. The van der Waals surface area contributed by atoms with Gasteiger partial charge in [0.05, 0.1) is 0 Å². The van der Waals surface area contributed by atoms with Crippen molar-refractivity contribution in [3.8, 4) is 0 Å². The van der Waals surface area contributed by atoms with Crippen molar-refractivity contribution in [2.75, 3.05) is 42.5 Å². The van der Waals surface area contributed by atoms with Crippen LogP contribution < -0.4 is 9.80 Å². The first-order chi connectivity index (χ1) is 12.6. The molecule has 0 bridgehead atoms. The Morgan fingerprint density at radius 2 is 1.77 bits per heavy atom. The molecule has 1 aromatic carbocycles. The van der Waals surface area contributed by atoms with Gasteiger partial charge in [0, 0.05) is 57.3 Å². The van der Waals surface area contributed by atoms with Gasteiger partial charge in [0.2, 0.25) is 11.8 Å². The highest BCUT2D eigenvalue weighted by molar-refractivity contribution is 5.97. The van der Waals surface area contributed by atoms with Crippen molar-refractivity contribution in [3.63, 3.8) is 0 Å². The number of aryl methyl sites for hydroxylation is 1. The van der Waals surface area contributed by atoms with Gasteiger partial charge in [-0.05, 0) is 30.7 Å². The second kappa shape index (κ2) is 6.78. The normalized spacial score (nSPS) is 17.9. The molecule has 2 amide bonds. The van der Waals surface area contributed by atoms with E-state index >= 15 is 0 Å². The molecule has 2 aromatic rings. The van der Waals surface area contributed by atoms with E-state index in [1.54, 1.807) is 24.0 Å². The van der Waals surface area contributed by atoms with Crippen molar-refractivity contribution in [2.45, 2.75) is 19.8 Å². The largest absolute Gasteiger partial charge is 0.408 e. The predicted molar refractivity (Wildman–Crippen MR) is 95.2 cm³/mol. The Kier molecular flexibility index (Phi) is 4.32. The van der Waals surface area contributed by atoms with E-state index in [1.807, 2.05) is 21.9 Å². The molecule has 0 unspecified atom stereocenters. The van der Waals surface area contributed by atoms with Crippen molar-refractivity contribution < 1.29 is 14.0 Å². The lowest BCUT2D eigenvalue weighted by molar-refractivity contribution is -0.117. The van der Waals surface area contributed by atoms with Gasteiger partial charge in [-0.2, -0.15) is 0 Å². The van der Waals surface area contributed by atoms with Crippen molar-refractivity contribution >= 4 is 23.5 Å². The molecule has 0 saturated carbocycles. The molecule has 26 heavy (non-hydrogen) atoms. The van der Waals surface area contributed by atoms with Crippen LogP contribution in [0.5, 0.6) is 0 Å². The fourth-order valence-corrected chi connectivity index (χ4v) is 3.40. The van der Waals surface area contributed by atoms with Crippen LogP contribution in [0.4, 0.5) is 11.7 Å². The van der Waals surface area contributed by atoms with Crippen LogP contribution in [0, 0.1) is 6.92 Å². The van der Waals surface area contributed by atoms with Gasteiger partial charge in [-0.25, -0.2) is 0 Å². The highest BCUT2D eigenvalue weighted by atomic mass is 16.4. The van der Waals surface area contributed by atoms with Gasteiger partial charge in [0.15, 0.2) is 0 Å². The summed E-state index contributed by atoms with van der Waals surface area (Å²) in [7, 11) is 0. The topological polar surface area (TPSA) is 82.8 Å². The number of anilines is 2. The molecule has 0 atom stereocenters. The van der Waals surface area contributed by atoms with Crippen LogP contribution in [0.1, 0.15) is 29.1 Å². The van der Waals surface area contributed by atoms with Crippen LogP contribution in [0.25, 0.3) is 0 Å². The first kappa shape index (κ1) is 16.6. The molecule has 136 valence electrons. The van der Waals surface area contributed by atoms with Crippen LogP contribution in [-0.4, -0.2) is 59.6 Å². The summed E-state index contributed by atoms with van der Waals surface area (Å²) in [5, 5.41) is 7.87. The Hall–Kier alpha value is -2.90. The van der Waals surface area contributed by atoms with E-state index in [-0.39, 0.29) is 11.8 Å². The van der Waals surface area contributed by atoms with Gasteiger partial charge in [0.1, 0.15) is 0 Å². The molecule has 0 aliphatic carbocycles. The molecule has 0 radical (unpaired) electrons. The Bertz CT molecular complexity index is 808. The highest BCUT2D eigenvalue weighted by Gasteiger charge is 2.25. The zero-order valence-corrected chi connectivity index (χ0v) is 14.7. The van der Waals surface area contributed by atoms with Crippen LogP contribution in [0.15, 0.2) is 28.7 Å². The summed E-state index contributed by atoms with van der Waals surface area (Å²) >= 11 is 0. The molecule has 0 spiro atoms. The second-order valence-electron chi connectivity index (χ2n) is 6.58. The van der Waals surface area contributed by atoms with E-state index in [2.05, 4.69) is 10.2 Å². The number of hydrogen-bond acceptors (Lipinski definition) is 6. The lowest BCUT2D eigenvalue weighted by Gasteiger charge is -2.33. The summed E-state index contributed by atoms with van der Waals surface area (Å²) in [6.07, 6.45) is 1.49. The summed E-state index contributed by atoms with van der Waals surface area (Å²) in [6, 6.07) is 7.82. The molecule has 2 aliphatic heterocycles. The Balaban J connectivity index is 1.38. The summed E-state index contributed by atoms with van der Waals surface area (Å²) in [5.74, 6) is 0.692. The van der Waals surface area contributed by atoms with E-state index in [1.165, 1.54) is 0 Å². The third kappa shape index (κ3) is 3.14. The van der Waals surface area contributed by atoms with Crippen LogP contribution in [0.3, 0.4) is 0 Å². The van der Waals surface area contributed by atoms with Crippen LogP contribution >= 0.6 is 0 Å². The smallest absolute Gasteiger partial charge is 0.318 e. The Morgan fingerprint density at radius 1 is 1.04 bits per heavy atom. The molecule has 8 nitrogen and oxygen atoms in total. The van der Waals surface area contributed by atoms with Crippen LogP contribution in [0.2, 0.25) is 0 Å². The monoisotopic (exact) mass is 355 g/mol. The average Bonchev–Trinajstić information content (AvgIpc) is 3.30. The molecule has 2 saturated heterocycles. The molecule has 4 rings (SSSR count). The number of carbonyl (C=O) groups is 2. The van der Waals surface area contributed by atoms with Gasteiger partial charge in [0.25, 0.3) is 5.91 Å². The average molecular weight is 355 g/mol. The number of amides is 2. The van der Waals surface area contributed by atoms with Gasteiger partial charge in [-0.3, -0.25) is 9.59 Å². The predicted octanol–water partition coefficient (Wildman–Crippen LogP) is 1.47. The van der Waals surface area contributed by atoms with E-state index in [4.69, 9.17) is 4.42 Å². The molecular formula is C18H21N5O3. The van der Waals surface area contributed by atoms with E-state index in [9.17, 15) is 9.59 Å². The van der Waals surface area contributed by atoms with E-state index in [0.717, 1.165) is 18.7 Å². The zero-order chi connectivity index (χ0) is 18.1. The lowest BCUT2D eigenvalue weighted by atomic mass is 10.1. The quantitative estimate of drug-likeness (QED) is 0.829. The minimum Gasteiger partial charge on any atom is -0.408 e. The molecule has 2 aliphatic rings. The van der Waals surface area contributed by atoms with Gasteiger partial charge >= 0.3 is 6.01 Å². The minimum absolute atomic E-state index is 0.00524. The lowest BCUT2D eigenvalue weighted by Crippen LogP contribution is -2.49. The zero-order valence-electron chi connectivity index (χ0n) is 14.7. The SMILES string of the molecule is Cc1nnc(N2CCN(C(=O)c3ccc(N4CCCC4=O)cc3)CC2)o1. The fraction of sp³-hybridized carbons (Fsp3) is 0.444. The number of piperazine rings is 1. The molecule has 0 N–H and O–H groups in total. The summed E-state index contributed by atoms with van der Waals surface area (Å²) < 4.78 is 5.44. The van der Waals surface area contributed by atoms with Crippen molar-refractivity contribution in [3.05, 3.63) is 35.7 Å². The number of hydrogen-bond donors (Lipinski definition) is 0. The number of carbonyl (C=O) groups excluding carboxylic acids is 2. The van der Waals surface area contributed by atoms with Crippen molar-refractivity contribution in [1.29, 1.82) is 0 Å². The molecular weight excluding hydrogens is 334 g/mol. The van der Waals surface area contributed by atoms with Gasteiger partial charge in [-0.15, -0.1) is 5.10 Å². The minimum atomic E-state index is 0.00524. The van der Waals surface area contributed by atoms with Crippen molar-refractivity contribution in [2.24, 2.45) is 0 Å². The molecule has 2 fully saturated rings. The number of benzene rings is 1. The van der Waals surface area contributed by atoms with Gasteiger partial charge in [-0.1, -0.05) is 5.10 Å². The first-order valence-corrected chi connectivity index (χ1v) is 8.86. The van der Waals surface area contributed by atoms with E-state index < -0.39 is 0 Å². The van der Waals surface area contributed by atoms with Gasteiger partial charge < -0.3 is 19.1 Å². The van der Waals surface area contributed by atoms with E-state index in [0.29, 0.717) is 50.1 Å². The molecule has 3 heterocycles.